The van der Waals surface area contributed by atoms with Crippen LogP contribution in [0, 0.1) is 12.3 Å². The number of anilines is 1. The van der Waals surface area contributed by atoms with E-state index in [0.717, 1.165) is 5.56 Å². The van der Waals surface area contributed by atoms with E-state index in [2.05, 4.69) is 16.2 Å². The number of benzene rings is 1. The monoisotopic (exact) mass is 222 g/mol. The Hall–Kier alpha value is -2.60. The standard InChI is InChI=1S/C14H10N2O/c1-2-11-6-8-12(9-7-11)16-14(17)13-5-3-4-10-15-13/h1,3-10H,(H,16,17). The quantitative estimate of drug-likeness (QED) is 0.792. The van der Waals surface area contributed by atoms with E-state index >= 15 is 0 Å². The first kappa shape index (κ1) is 10.9. The van der Waals surface area contributed by atoms with Gasteiger partial charge in [0.25, 0.3) is 5.91 Å². The van der Waals surface area contributed by atoms with Crippen LogP contribution >= 0.6 is 0 Å². The molecule has 0 saturated carbocycles. The molecule has 1 heterocycles. The number of aromatic nitrogens is 1. The molecule has 17 heavy (non-hydrogen) atoms. The third kappa shape index (κ3) is 2.70. The first-order valence-corrected chi connectivity index (χ1v) is 5.08. The number of rotatable bonds is 2. The summed E-state index contributed by atoms with van der Waals surface area (Å²) in [6.07, 6.45) is 6.82. The molecule has 0 spiro atoms. The van der Waals surface area contributed by atoms with Crippen molar-refractivity contribution in [3.05, 3.63) is 59.9 Å². The molecule has 0 aliphatic rings. The van der Waals surface area contributed by atoms with Gasteiger partial charge >= 0.3 is 0 Å². The van der Waals surface area contributed by atoms with Crippen molar-refractivity contribution in [2.45, 2.75) is 0 Å². The molecule has 2 rings (SSSR count). The summed E-state index contributed by atoms with van der Waals surface area (Å²) in [5, 5.41) is 2.74. The lowest BCUT2D eigenvalue weighted by Crippen LogP contribution is -2.13. The van der Waals surface area contributed by atoms with E-state index in [1.165, 1.54) is 0 Å². The molecule has 2 aromatic rings. The average Bonchev–Trinajstić information content (AvgIpc) is 2.40. The molecule has 0 unspecified atom stereocenters. The summed E-state index contributed by atoms with van der Waals surface area (Å²) in [6.45, 7) is 0. The molecular formula is C14H10N2O. The fourth-order valence-electron chi connectivity index (χ4n) is 1.34. The predicted molar refractivity (Wildman–Crippen MR) is 66.6 cm³/mol. The second-order valence-electron chi connectivity index (χ2n) is 3.39. The molecule has 0 fully saturated rings. The van der Waals surface area contributed by atoms with Gasteiger partial charge in [-0.15, -0.1) is 6.42 Å². The average molecular weight is 222 g/mol. The molecule has 82 valence electrons. The van der Waals surface area contributed by atoms with Gasteiger partial charge in [0.2, 0.25) is 0 Å². The summed E-state index contributed by atoms with van der Waals surface area (Å²) in [6, 6.07) is 12.3. The second kappa shape index (κ2) is 4.95. The van der Waals surface area contributed by atoms with Gasteiger partial charge in [0, 0.05) is 17.4 Å². The van der Waals surface area contributed by atoms with E-state index in [0.29, 0.717) is 11.4 Å². The number of pyridine rings is 1. The number of hydrogen-bond acceptors (Lipinski definition) is 2. The minimum Gasteiger partial charge on any atom is -0.321 e. The Labute approximate surface area is 99.5 Å². The molecule has 1 N–H and O–H groups in total. The zero-order valence-electron chi connectivity index (χ0n) is 9.05. The van der Waals surface area contributed by atoms with Gasteiger partial charge in [0.1, 0.15) is 5.69 Å². The molecule has 1 aromatic carbocycles. The second-order valence-corrected chi connectivity index (χ2v) is 3.39. The Balaban J connectivity index is 2.11. The largest absolute Gasteiger partial charge is 0.321 e. The normalized spacial score (nSPS) is 9.35. The molecule has 0 saturated heterocycles. The van der Waals surface area contributed by atoms with E-state index in [4.69, 9.17) is 6.42 Å². The number of hydrogen-bond donors (Lipinski definition) is 1. The summed E-state index contributed by atoms with van der Waals surface area (Å²) in [7, 11) is 0. The van der Waals surface area contributed by atoms with E-state index in [-0.39, 0.29) is 5.91 Å². The highest BCUT2D eigenvalue weighted by atomic mass is 16.1. The highest BCUT2D eigenvalue weighted by molar-refractivity contribution is 6.02. The predicted octanol–water partition coefficient (Wildman–Crippen LogP) is 2.32. The number of nitrogens with zero attached hydrogens (tertiary/aromatic N) is 1. The summed E-state index contributed by atoms with van der Waals surface area (Å²) >= 11 is 0. The van der Waals surface area contributed by atoms with Crippen LogP contribution in [0.15, 0.2) is 48.7 Å². The zero-order chi connectivity index (χ0) is 12.1. The number of amides is 1. The molecule has 0 aliphatic carbocycles. The maximum absolute atomic E-state index is 11.8. The van der Waals surface area contributed by atoms with Crippen molar-refractivity contribution in [3.63, 3.8) is 0 Å². The van der Waals surface area contributed by atoms with Gasteiger partial charge in [-0.05, 0) is 36.4 Å². The number of carbonyl (C=O) groups is 1. The lowest BCUT2D eigenvalue weighted by atomic mass is 10.2. The SMILES string of the molecule is C#Cc1ccc(NC(=O)c2ccccn2)cc1. The molecule has 3 heteroatoms. The van der Waals surface area contributed by atoms with Gasteiger partial charge in [-0.3, -0.25) is 9.78 Å². The molecular weight excluding hydrogens is 212 g/mol. The van der Waals surface area contributed by atoms with Crippen LogP contribution in [0.4, 0.5) is 5.69 Å². The Bertz CT molecular complexity index is 553. The van der Waals surface area contributed by atoms with Gasteiger partial charge in [-0.25, -0.2) is 0 Å². The highest BCUT2D eigenvalue weighted by Gasteiger charge is 2.05. The van der Waals surface area contributed by atoms with Gasteiger partial charge in [0.15, 0.2) is 0 Å². The molecule has 1 aromatic heterocycles. The molecule has 0 atom stereocenters. The topological polar surface area (TPSA) is 42.0 Å². The van der Waals surface area contributed by atoms with Crippen molar-refractivity contribution in [2.24, 2.45) is 0 Å². The smallest absolute Gasteiger partial charge is 0.274 e. The summed E-state index contributed by atoms with van der Waals surface area (Å²) in [5.41, 5.74) is 1.86. The Morgan fingerprint density at radius 2 is 1.94 bits per heavy atom. The van der Waals surface area contributed by atoms with Crippen molar-refractivity contribution >= 4 is 11.6 Å². The van der Waals surface area contributed by atoms with E-state index in [1.807, 2.05) is 0 Å². The van der Waals surface area contributed by atoms with E-state index < -0.39 is 0 Å². The summed E-state index contributed by atoms with van der Waals surface area (Å²) in [4.78, 5) is 15.7. The summed E-state index contributed by atoms with van der Waals surface area (Å²) in [5.74, 6) is 2.28. The van der Waals surface area contributed by atoms with Crippen LogP contribution in [-0.2, 0) is 0 Å². The number of nitrogens with one attached hydrogen (secondary N) is 1. The van der Waals surface area contributed by atoms with Gasteiger partial charge in [-0.1, -0.05) is 12.0 Å². The van der Waals surface area contributed by atoms with Crippen molar-refractivity contribution in [1.29, 1.82) is 0 Å². The van der Waals surface area contributed by atoms with Crippen LogP contribution in [0.25, 0.3) is 0 Å². The Kier molecular flexibility index (Phi) is 3.18. The maximum atomic E-state index is 11.8. The third-order valence-electron chi connectivity index (χ3n) is 2.21. The van der Waals surface area contributed by atoms with Gasteiger partial charge < -0.3 is 5.32 Å². The first-order chi connectivity index (χ1) is 8.29. The molecule has 0 radical (unpaired) electrons. The Morgan fingerprint density at radius 3 is 2.53 bits per heavy atom. The van der Waals surface area contributed by atoms with Crippen LogP contribution in [-0.4, -0.2) is 10.9 Å². The molecule has 0 aliphatic heterocycles. The van der Waals surface area contributed by atoms with Crippen molar-refractivity contribution in [3.8, 4) is 12.3 Å². The van der Waals surface area contributed by atoms with Crippen LogP contribution in [0.3, 0.4) is 0 Å². The van der Waals surface area contributed by atoms with Crippen LogP contribution < -0.4 is 5.32 Å². The van der Waals surface area contributed by atoms with Crippen molar-refractivity contribution < 1.29 is 4.79 Å². The molecule has 3 nitrogen and oxygen atoms in total. The third-order valence-corrected chi connectivity index (χ3v) is 2.21. The van der Waals surface area contributed by atoms with Gasteiger partial charge in [-0.2, -0.15) is 0 Å². The highest BCUT2D eigenvalue weighted by Crippen LogP contribution is 2.09. The van der Waals surface area contributed by atoms with E-state index in [9.17, 15) is 4.79 Å². The van der Waals surface area contributed by atoms with E-state index in [1.54, 1.807) is 48.7 Å². The van der Waals surface area contributed by atoms with Crippen LogP contribution in [0.1, 0.15) is 16.1 Å². The van der Waals surface area contributed by atoms with Crippen molar-refractivity contribution in [1.82, 2.24) is 4.98 Å². The molecule has 1 amide bonds. The lowest BCUT2D eigenvalue weighted by Gasteiger charge is -2.04. The fraction of sp³-hybridized carbons (Fsp3) is 0. The minimum atomic E-state index is -0.237. The zero-order valence-corrected chi connectivity index (χ0v) is 9.05. The number of terminal acetylenes is 1. The summed E-state index contributed by atoms with van der Waals surface area (Å²) < 4.78 is 0. The van der Waals surface area contributed by atoms with Crippen LogP contribution in [0.5, 0.6) is 0 Å². The van der Waals surface area contributed by atoms with Crippen molar-refractivity contribution in [2.75, 3.05) is 5.32 Å². The Morgan fingerprint density at radius 1 is 1.18 bits per heavy atom. The number of carbonyl (C=O) groups excluding carboxylic acids is 1. The first-order valence-electron chi connectivity index (χ1n) is 5.08. The lowest BCUT2D eigenvalue weighted by molar-refractivity contribution is 0.102. The minimum absolute atomic E-state index is 0.237. The van der Waals surface area contributed by atoms with Gasteiger partial charge in [0.05, 0.1) is 0 Å². The fourth-order valence-corrected chi connectivity index (χ4v) is 1.34. The molecule has 0 bridgehead atoms. The van der Waals surface area contributed by atoms with Crippen LogP contribution in [0.2, 0.25) is 0 Å². The maximum Gasteiger partial charge on any atom is 0.274 e.